The first-order chi connectivity index (χ1) is 18.7. The van der Waals surface area contributed by atoms with Gasteiger partial charge in [-0.05, 0) is 25.7 Å². The quantitative estimate of drug-likeness (QED) is 0.0693. The molecule has 4 atom stereocenters. The van der Waals surface area contributed by atoms with Gasteiger partial charge in [0.05, 0.1) is 18.7 Å². The number of carboxylic acid groups (broad SMARTS) is 1. The van der Waals surface area contributed by atoms with Crippen LogP contribution in [-0.4, -0.2) is 96.8 Å². The summed E-state index contributed by atoms with van der Waals surface area (Å²) in [6.07, 6.45) is 7.60. The number of aliphatic carboxylic acids is 1. The molecule has 2 aromatic heterocycles. The van der Waals surface area contributed by atoms with E-state index in [1.807, 2.05) is 0 Å². The van der Waals surface area contributed by atoms with Gasteiger partial charge >= 0.3 is 5.97 Å². The van der Waals surface area contributed by atoms with Gasteiger partial charge in [0.1, 0.15) is 18.1 Å². The van der Waals surface area contributed by atoms with E-state index in [1.165, 1.54) is 29.9 Å². The van der Waals surface area contributed by atoms with E-state index >= 15 is 0 Å². The van der Waals surface area contributed by atoms with Crippen LogP contribution in [0.5, 0.6) is 0 Å². The van der Waals surface area contributed by atoms with E-state index in [4.69, 9.17) is 17.2 Å². The molecular weight excluding hydrogens is 510 g/mol. The molecule has 3 rings (SSSR count). The Bertz CT molecular complexity index is 1130. The monoisotopic (exact) mass is 545 g/mol. The van der Waals surface area contributed by atoms with E-state index in [1.54, 1.807) is 0 Å². The molecule has 1 aliphatic rings. The van der Waals surface area contributed by atoms with Gasteiger partial charge in [-0.3, -0.25) is 19.4 Å². The lowest BCUT2D eigenvalue weighted by Crippen LogP contribution is -2.57. The molecule has 0 spiro atoms. The Labute approximate surface area is 224 Å². The van der Waals surface area contributed by atoms with Crippen molar-refractivity contribution in [1.82, 2.24) is 35.5 Å². The number of guanidine groups is 1. The fourth-order valence-electron chi connectivity index (χ4n) is 4.33. The third-order valence-electron chi connectivity index (χ3n) is 6.33. The molecule has 0 saturated carbocycles. The van der Waals surface area contributed by atoms with Crippen LogP contribution in [0.15, 0.2) is 30.0 Å². The number of hydrogen-bond acceptors (Lipinski definition) is 8. The zero-order valence-corrected chi connectivity index (χ0v) is 21.4. The van der Waals surface area contributed by atoms with Gasteiger partial charge in [0.25, 0.3) is 0 Å². The number of nitrogens with zero attached hydrogens (tertiary/aromatic N) is 4. The number of aromatic nitrogens is 4. The van der Waals surface area contributed by atoms with E-state index in [2.05, 4.69) is 35.6 Å². The van der Waals surface area contributed by atoms with E-state index in [-0.39, 0.29) is 31.8 Å². The largest absolute Gasteiger partial charge is 0.480 e. The van der Waals surface area contributed by atoms with Gasteiger partial charge in [-0.2, -0.15) is 0 Å². The number of aromatic amines is 2. The van der Waals surface area contributed by atoms with Crippen molar-refractivity contribution in [2.45, 2.75) is 62.7 Å². The number of carboxylic acids is 1. The molecule has 2 aromatic rings. The first-order valence-corrected chi connectivity index (χ1v) is 12.5. The Morgan fingerprint density at radius 3 is 2.28 bits per heavy atom. The minimum absolute atomic E-state index is 0.00131. The molecule has 0 aromatic carbocycles. The van der Waals surface area contributed by atoms with Gasteiger partial charge in [-0.25, -0.2) is 14.8 Å². The fourth-order valence-corrected chi connectivity index (χ4v) is 4.33. The number of nitrogens with one attached hydrogen (secondary N) is 4. The first kappa shape index (κ1) is 29.1. The predicted octanol–water partition coefficient (Wildman–Crippen LogP) is -2.66. The normalized spacial score (nSPS) is 17.2. The van der Waals surface area contributed by atoms with Crippen molar-refractivity contribution in [3.05, 3.63) is 36.4 Å². The lowest BCUT2D eigenvalue weighted by Gasteiger charge is -2.30. The maximum absolute atomic E-state index is 13.6. The van der Waals surface area contributed by atoms with E-state index in [0.717, 1.165) is 0 Å². The van der Waals surface area contributed by atoms with E-state index in [0.29, 0.717) is 37.2 Å². The second-order valence-electron chi connectivity index (χ2n) is 9.27. The minimum Gasteiger partial charge on any atom is -0.480 e. The van der Waals surface area contributed by atoms with Gasteiger partial charge in [0.2, 0.25) is 17.7 Å². The predicted molar refractivity (Wildman–Crippen MR) is 139 cm³/mol. The second kappa shape index (κ2) is 13.9. The zero-order chi connectivity index (χ0) is 28.4. The van der Waals surface area contributed by atoms with Gasteiger partial charge in [0, 0.05) is 49.7 Å². The van der Waals surface area contributed by atoms with Crippen molar-refractivity contribution in [3.8, 4) is 0 Å². The van der Waals surface area contributed by atoms with Gasteiger partial charge < -0.3 is 47.8 Å². The number of aliphatic imine (C=N–C) groups is 1. The van der Waals surface area contributed by atoms with E-state index in [9.17, 15) is 24.3 Å². The standard InChI is InChI=1S/C23H35N11O5/c24-15(3-1-5-29-23(25)26)19(35)32-16(7-13-9-27-11-30-13)21(37)34-6-2-4-18(34)20(36)33-17(22(38)39)8-14-10-28-12-31-14/h9-12,15-18H,1-8,24H2,(H,27,30)(H,28,31)(H,32,35)(H,33,36)(H,38,39)(H4,25,26,29). The van der Waals surface area contributed by atoms with Crippen molar-refractivity contribution in [3.63, 3.8) is 0 Å². The second-order valence-corrected chi connectivity index (χ2v) is 9.27. The molecule has 1 aliphatic heterocycles. The molecule has 11 N–H and O–H groups in total. The molecule has 0 radical (unpaired) electrons. The highest BCUT2D eigenvalue weighted by atomic mass is 16.4. The summed E-state index contributed by atoms with van der Waals surface area (Å²) in [4.78, 5) is 70.1. The molecule has 3 amide bonds. The van der Waals surface area contributed by atoms with Crippen LogP contribution in [0.25, 0.3) is 0 Å². The van der Waals surface area contributed by atoms with E-state index < -0.39 is 47.9 Å². The molecule has 0 bridgehead atoms. The summed E-state index contributed by atoms with van der Waals surface area (Å²) in [5.41, 5.74) is 17.8. The molecule has 1 fully saturated rings. The number of imidazole rings is 2. The smallest absolute Gasteiger partial charge is 0.326 e. The number of nitrogens with two attached hydrogens (primary N) is 3. The summed E-state index contributed by atoms with van der Waals surface area (Å²) in [6.45, 7) is 0.581. The highest BCUT2D eigenvalue weighted by Gasteiger charge is 2.39. The number of carbonyl (C=O) groups is 4. The maximum Gasteiger partial charge on any atom is 0.326 e. The Morgan fingerprint density at radius 1 is 1.08 bits per heavy atom. The fraction of sp³-hybridized carbons (Fsp3) is 0.522. The van der Waals surface area contributed by atoms with Crippen molar-refractivity contribution >= 4 is 29.7 Å². The van der Waals surface area contributed by atoms with Crippen molar-refractivity contribution < 1.29 is 24.3 Å². The number of hydrogen-bond donors (Lipinski definition) is 8. The van der Waals surface area contributed by atoms with Crippen LogP contribution in [-0.2, 0) is 32.0 Å². The summed E-state index contributed by atoms with van der Waals surface area (Å²) >= 11 is 0. The van der Waals surface area contributed by atoms with Crippen LogP contribution in [0.4, 0.5) is 0 Å². The lowest BCUT2D eigenvalue weighted by atomic mass is 10.1. The lowest BCUT2D eigenvalue weighted by molar-refractivity contribution is -0.145. The van der Waals surface area contributed by atoms with Crippen LogP contribution >= 0.6 is 0 Å². The molecule has 212 valence electrons. The Balaban J connectivity index is 1.68. The molecule has 0 aliphatic carbocycles. The first-order valence-electron chi connectivity index (χ1n) is 12.5. The van der Waals surface area contributed by atoms with Crippen molar-refractivity contribution in [2.75, 3.05) is 13.1 Å². The number of amides is 3. The number of carbonyl (C=O) groups excluding carboxylic acids is 3. The van der Waals surface area contributed by atoms with Gasteiger partial charge in [-0.1, -0.05) is 0 Å². The summed E-state index contributed by atoms with van der Waals surface area (Å²) < 4.78 is 0. The SMILES string of the molecule is NC(N)=NCCCC(N)C(=O)NC(Cc1cnc[nH]1)C(=O)N1CCCC1C(=O)NC(Cc1cnc[nH]1)C(=O)O. The van der Waals surface area contributed by atoms with Crippen LogP contribution in [0.3, 0.4) is 0 Å². The molecule has 39 heavy (non-hydrogen) atoms. The highest BCUT2D eigenvalue weighted by molar-refractivity contribution is 5.94. The molecule has 3 heterocycles. The number of H-pyrrole nitrogens is 2. The van der Waals surface area contributed by atoms with Gasteiger partial charge in [0.15, 0.2) is 5.96 Å². The number of rotatable bonds is 14. The summed E-state index contributed by atoms with van der Waals surface area (Å²) in [7, 11) is 0. The Kier molecular flexibility index (Phi) is 10.4. The summed E-state index contributed by atoms with van der Waals surface area (Å²) in [5.74, 6) is -2.88. The molecule has 4 unspecified atom stereocenters. The molecular formula is C23H35N11O5. The summed E-state index contributed by atoms with van der Waals surface area (Å²) in [5, 5.41) is 14.8. The minimum atomic E-state index is -1.22. The van der Waals surface area contributed by atoms with Crippen LogP contribution < -0.4 is 27.8 Å². The molecule has 16 heteroatoms. The number of likely N-dealkylation sites (tertiary alicyclic amines) is 1. The third kappa shape index (κ3) is 8.53. The third-order valence-corrected chi connectivity index (χ3v) is 6.33. The summed E-state index contributed by atoms with van der Waals surface area (Å²) in [6, 6.07) is -4.05. The average Bonchev–Trinajstić information content (AvgIpc) is 3.68. The molecule has 1 saturated heterocycles. The average molecular weight is 546 g/mol. The maximum atomic E-state index is 13.6. The highest BCUT2D eigenvalue weighted by Crippen LogP contribution is 2.20. The van der Waals surface area contributed by atoms with Gasteiger partial charge in [-0.15, -0.1) is 0 Å². The zero-order valence-electron chi connectivity index (χ0n) is 21.4. The van der Waals surface area contributed by atoms with Crippen LogP contribution in [0.1, 0.15) is 37.1 Å². The topological polar surface area (TPSA) is 264 Å². The van der Waals surface area contributed by atoms with Crippen LogP contribution in [0.2, 0.25) is 0 Å². The Morgan fingerprint density at radius 2 is 1.72 bits per heavy atom. The van der Waals surface area contributed by atoms with Crippen molar-refractivity contribution in [2.24, 2.45) is 22.2 Å². The van der Waals surface area contributed by atoms with Crippen molar-refractivity contribution in [1.29, 1.82) is 0 Å². The Hall–Kier alpha value is -4.47. The molecule has 16 nitrogen and oxygen atoms in total. The van der Waals surface area contributed by atoms with Crippen LogP contribution in [0, 0.1) is 0 Å².